The van der Waals surface area contributed by atoms with E-state index in [1.54, 1.807) is 32.2 Å². The molecule has 0 aliphatic rings. The van der Waals surface area contributed by atoms with Gasteiger partial charge in [-0.15, -0.1) is 0 Å². The van der Waals surface area contributed by atoms with Crippen LogP contribution in [0.25, 0.3) is 0 Å². The average molecular weight is 297 g/mol. The monoisotopic (exact) mass is 297 g/mol. The summed E-state index contributed by atoms with van der Waals surface area (Å²) in [4.78, 5) is 11.6. The number of nitrogens with one attached hydrogen (secondary N) is 1. The van der Waals surface area contributed by atoms with Gasteiger partial charge in [-0.25, -0.2) is 0 Å². The molecule has 118 valence electrons. The summed E-state index contributed by atoms with van der Waals surface area (Å²) in [6.45, 7) is 1.80. The van der Waals surface area contributed by atoms with Gasteiger partial charge in [-0.1, -0.05) is 0 Å². The second-order valence-electron chi connectivity index (χ2n) is 4.82. The molecular weight excluding hydrogens is 274 g/mol. The van der Waals surface area contributed by atoms with Gasteiger partial charge in [-0.3, -0.25) is 4.79 Å². The SMILES string of the molecule is COc1ccc(C(O)CCC(=O)NCC(C)O)c(OC)c1. The molecule has 2 atom stereocenters. The van der Waals surface area contributed by atoms with Gasteiger partial charge in [0.25, 0.3) is 0 Å². The number of amides is 1. The Labute approximate surface area is 124 Å². The molecule has 3 N–H and O–H groups in total. The Balaban J connectivity index is 2.59. The highest BCUT2D eigenvalue weighted by Crippen LogP contribution is 2.31. The minimum atomic E-state index is -0.803. The molecule has 1 rings (SSSR count). The standard InChI is InChI=1S/C15H23NO5/c1-10(17)9-16-15(19)7-6-13(18)12-5-4-11(20-2)8-14(12)21-3/h4-5,8,10,13,17-18H,6-7,9H2,1-3H3,(H,16,19). The first-order valence-corrected chi connectivity index (χ1v) is 6.82. The molecule has 0 spiro atoms. The van der Waals surface area contributed by atoms with Crippen molar-refractivity contribution in [2.45, 2.75) is 32.0 Å². The fourth-order valence-corrected chi connectivity index (χ4v) is 1.87. The van der Waals surface area contributed by atoms with Gasteiger partial charge in [0.2, 0.25) is 5.91 Å². The number of hydrogen-bond acceptors (Lipinski definition) is 5. The van der Waals surface area contributed by atoms with Crippen molar-refractivity contribution in [3.05, 3.63) is 23.8 Å². The summed E-state index contributed by atoms with van der Waals surface area (Å²) in [5.74, 6) is 0.950. The average Bonchev–Trinajstić information content (AvgIpc) is 2.49. The Kier molecular flexibility index (Phi) is 6.98. The number of ether oxygens (including phenoxy) is 2. The third kappa shape index (κ3) is 5.61. The number of methoxy groups -OCH3 is 2. The molecule has 0 saturated carbocycles. The summed E-state index contributed by atoms with van der Waals surface area (Å²) in [6, 6.07) is 5.14. The first-order chi connectivity index (χ1) is 9.97. The lowest BCUT2D eigenvalue weighted by Crippen LogP contribution is -2.30. The molecule has 0 aliphatic carbocycles. The number of carbonyl (C=O) groups is 1. The van der Waals surface area contributed by atoms with Crippen LogP contribution in [0.5, 0.6) is 11.5 Å². The molecule has 0 aromatic heterocycles. The van der Waals surface area contributed by atoms with E-state index in [9.17, 15) is 9.90 Å². The van der Waals surface area contributed by atoms with Crippen molar-refractivity contribution in [3.63, 3.8) is 0 Å². The Bertz CT molecular complexity index is 461. The van der Waals surface area contributed by atoms with Crippen LogP contribution in [0.3, 0.4) is 0 Å². The predicted octanol–water partition coefficient (Wildman–Crippen LogP) is 1.01. The lowest BCUT2D eigenvalue weighted by atomic mass is 10.0. The van der Waals surface area contributed by atoms with Crippen LogP contribution in [0.15, 0.2) is 18.2 Å². The zero-order valence-corrected chi connectivity index (χ0v) is 12.6. The van der Waals surface area contributed by atoms with Crippen LogP contribution in [0.1, 0.15) is 31.4 Å². The van der Waals surface area contributed by atoms with Gasteiger partial charge in [-0.2, -0.15) is 0 Å². The smallest absolute Gasteiger partial charge is 0.220 e. The first kappa shape index (κ1) is 17.3. The molecule has 21 heavy (non-hydrogen) atoms. The van der Waals surface area contributed by atoms with Crippen LogP contribution in [-0.2, 0) is 4.79 Å². The second kappa shape index (κ2) is 8.49. The Morgan fingerprint density at radius 2 is 2.00 bits per heavy atom. The summed E-state index contributed by atoms with van der Waals surface area (Å²) in [6.07, 6.45) is -0.944. The van der Waals surface area contributed by atoms with Gasteiger partial charge in [0.1, 0.15) is 11.5 Å². The van der Waals surface area contributed by atoms with Crippen molar-refractivity contribution in [1.82, 2.24) is 5.32 Å². The van der Waals surface area contributed by atoms with E-state index in [1.807, 2.05) is 0 Å². The molecule has 1 aromatic carbocycles. The van der Waals surface area contributed by atoms with E-state index in [4.69, 9.17) is 14.6 Å². The maximum atomic E-state index is 11.6. The Morgan fingerprint density at radius 1 is 1.29 bits per heavy atom. The van der Waals surface area contributed by atoms with Gasteiger partial charge >= 0.3 is 0 Å². The van der Waals surface area contributed by atoms with E-state index in [-0.39, 0.29) is 25.3 Å². The first-order valence-electron chi connectivity index (χ1n) is 6.82. The molecule has 6 heteroatoms. The molecule has 0 radical (unpaired) electrons. The fourth-order valence-electron chi connectivity index (χ4n) is 1.87. The molecular formula is C15H23NO5. The van der Waals surface area contributed by atoms with Crippen LogP contribution < -0.4 is 14.8 Å². The van der Waals surface area contributed by atoms with Crippen molar-refractivity contribution >= 4 is 5.91 Å². The van der Waals surface area contributed by atoms with Crippen molar-refractivity contribution < 1.29 is 24.5 Å². The lowest BCUT2D eigenvalue weighted by Gasteiger charge is -2.16. The molecule has 1 amide bonds. The molecule has 0 aliphatic heterocycles. The largest absolute Gasteiger partial charge is 0.497 e. The van der Waals surface area contributed by atoms with E-state index in [0.717, 1.165) is 0 Å². The summed E-state index contributed by atoms with van der Waals surface area (Å²) in [5.41, 5.74) is 0.613. The van der Waals surface area contributed by atoms with E-state index >= 15 is 0 Å². The summed E-state index contributed by atoms with van der Waals surface area (Å²) in [5, 5.41) is 21.8. The van der Waals surface area contributed by atoms with E-state index in [1.165, 1.54) is 7.11 Å². The minimum absolute atomic E-state index is 0.170. The highest BCUT2D eigenvalue weighted by Gasteiger charge is 2.16. The van der Waals surface area contributed by atoms with Gasteiger partial charge in [-0.05, 0) is 25.5 Å². The fraction of sp³-hybridized carbons (Fsp3) is 0.533. The number of benzene rings is 1. The zero-order valence-electron chi connectivity index (χ0n) is 12.6. The van der Waals surface area contributed by atoms with Gasteiger partial charge < -0.3 is 25.0 Å². The normalized spacial score (nSPS) is 13.4. The number of aliphatic hydroxyl groups excluding tert-OH is 2. The predicted molar refractivity (Wildman–Crippen MR) is 78.4 cm³/mol. The Hall–Kier alpha value is -1.79. The maximum absolute atomic E-state index is 11.6. The molecule has 0 heterocycles. The van der Waals surface area contributed by atoms with Crippen LogP contribution in [0.4, 0.5) is 0 Å². The van der Waals surface area contributed by atoms with Crippen LogP contribution in [-0.4, -0.2) is 43.0 Å². The van der Waals surface area contributed by atoms with Crippen LogP contribution in [0, 0.1) is 0 Å². The van der Waals surface area contributed by atoms with Crippen molar-refractivity contribution in [2.24, 2.45) is 0 Å². The van der Waals surface area contributed by atoms with E-state index < -0.39 is 12.2 Å². The number of carbonyl (C=O) groups excluding carboxylic acids is 1. The number of rotatable bonds is 8. The van der Waals surface area contributed by atoms with Crippen molar-refractivity contribution in [2.75, 3.05) is 20.8 Å². The molecule has 2 unspecified atom stereocenters. The zero-order chi connectivity index (χ0) is 15.8. The Morgan fingerprint density at radius 3 is 2.57 bits per heavy atom. The molecule has 0 fully saturated rings. The second-order valence-corrected chi connectivity index (χ2v) is 4.82. The lowest BCUT2D eigenvalue weighted by molar-refractivity contribution is -0.122. The van der Waals surface area contributed by atoms with Crippen LogP contribution in [0.2, 0.25) is 0 Å². The van der Waals surface area contributed by atoms with Crippen molar-refractivity contribution in [1.29, 1.82) is 0 Å². The third-order valence-corrected chi connectivity index (χ3v) is 3.04. The van der Waals surface area contributed by atoms with Crippen molar-refractivity contribution in [3.8, 4) is 11.5 Å². The van der Waals surface area contributed by atoms with E-state index in [2.05, 4.69) is 5.32 Å². The van der Waals surface area contributed by atoms with Gasteiger partial charge in [0.15, 0.2) is 0 Å². The highest BCUT2D eigenvalue weighted by molar-refractivity contribution is 5.75. The minimum Gasteiger partial charge on any atom is -0.497 e. The van der Waals surface area contributed by atoms with E-state index in [0.29, 0.717) is 17.1 Å². The number of hydrogen-bond donors (Lipinski definition) is 3. The molecule has 6 nitrogen and oxygen atoms in total. The molecule has 0 bridgehead atoms. The quantitative estimate of drug-likeness (QED) is 0.666. The summed E-state index contributed by atoms with van der Waals surface area (Å²) >= 11 is 0. The summed E-state index contributed by atoms with van der Waals surface area (Å²) < 4.78 is 10.3. The van der Waals surface area contributed by atoms with Gasteiger partial charge in [0, 0.05) is 24.6 Å². The highest BCUT2D eigenvalue weighted by atomic mass is 16.5. The number of aliphatic hydroxyl groups is 2. The molecule has 1 aromatic rings. The van der Waals surface area contributed by atoms with Crippen LogP contribution >= 0.6 is 0 Å². The third-order valence-electron chi connectivity index (χ3n) is 3.04. The summed E-state index contributed by atoms with van der Waals surface area (Å²) in [7, 11) is 3.07. The molecule has 0 saturated heterocycles. The van der Waals surface area contributed by atoms with Gasteiger partial charge in [0.05, 0.1) is 26.4 Å². The topological polar surface area (TPSA) is 88.0 Å². The maximum Gasteiger partial charge on any atom is 0.220 e.